The van der Waals surface area contributed by atoms with Crippen LogP contribution in [0.5, 0.6) is 0 Å². The third-order valence-electron chi connectivity index (χ3n) is 2.54. The lowest BCUT2D eigenvalue weighted by Crippen LogP contribution is -2.48. The van der Waals surface area contributed by atoms with Crippen LogP contribution >= 0.6 is 0 Å². The molecule has 0 saturated carbocycles. The van der Waals surface area contributed by atoms with Crippen LogP contribution in [0, 0.1) is 11.3 Å². The van der Waals surface area contributed by atoms with Crippen molar-refractivity contribution in [3.8, 4) is 6.07 Å². The molecule has 5 nitrogen and oxygen atoms in total. The second-order valence-corrected chi connectivity index (χ2v) is 3.62. The van der Waals surface area contributed by atoms with Crippen molar-refractivity contribution in [3.63, 3.8) is 0 Å². The molecular weight excluding hydrogens is 216 g/mol. The van der Waals surface area contributed by atoms with Gasteiger partial charge < -0.3 is 4.90 Å². The van der Waals surface area contributed by atoms with E-state index in [0.29, 0.717) is 13.0 Å². The van der Waals surface area contributed by atoms with Gasteiger partial charge in [-0.2, -0.15) is 5.26 Å². The van der Waals surface area contributed by atoms with Crippen molar-refractivity contribution in [2.24, 2.45) is 5.84 Å². The van der Waals surface area contributed by atoms with E-state index in [0.717, 1.165) is 5.69 Å². The van der Waals surface area contributed by atoms with Crippen molar-refractivity contribution in [2.45, 2.75) is 19.4 Å². The zero-order chi connectivity index (χ0) is 12.7. The van der Waals surface area contributed by atoms with Crippen molar-refractivity contribution < 1.29 is 4.79 Å². The Kier molecular flexibility index (Phi) is 4.98. The predicted molar refractivity (Wildman–Crippen MR) is 65.8 cm³/mol. The Bertz CT molecular complexity index is 399. The molecule has 90 valence electrons. The fourth-order valence-electron chi connectivity index (χ4n) is 1.60. The molecule has 0 aliphatic rings. The average Bonchev–Trinajstić information content (AvgIpc) is 2.39. The summed E-state index contributed by atoms with van der Waals surface area (Å²) >= 11 is 0. The minimum absolute atomic E-state index is 0.271. The van der Waals surface area contributed by atoms with Gasteiger partial charge in [0.05, 0.1) is 12.5 Å². The molecule has 0 aliphatic heterocycles. The van der Waals surface area contributed by atoms with Crippen LogP contribution < -0.4 is 16.2 Å². The third-order valence-corrected chi connectivity index (χ3v) is 2.54. The highest BCUT2D eigenvalue weighted by Crippen LogP contribution is 2.16. The monoisotopic (exact) mass is 232 g/mol. The van der Waals surface area contributed by atoms with Gasteiger partial charge in [-0.15, -0.1) is 0 Å². The van der Waals surface area contributed by atoms with Crippen molar-refractivity contribution in [2.75, 3.05) is 11.4 Å². The second-order valence-electron chi connectivity index (χ2n) is 3.62. The number of hydrogen-bond donors (Lipinski definition) is 2. The summed E-state index contributed by atoms with van der Waals surface area (Å²) in [6.07, 6.45) is 0.358. The van der Waals surface area contributed by atoms with Crippen LogP contribution in [0.2, 0.25) is 0 Å². The molecule has 1 aromatic carbocycles. The predicted octanol–water partition coefficient (Wildman–Crippen LogP) is 0.785. The van der Waals surface area contributed by atoms with Crippen LogP contribution in [0.4, 0.5) is 5.69 Å². The molecule has 1 amide bonds. The van der Waals surface area contributed by atoms with Crippen molar-refractivity contribution in [1.29, 1.82) is 5.26 Å². The topological polar surface area (TPSA) is 82.2 Å². The Labute approximate surface area is 101 Å². The minimum Gasteiger partial charge on any atom is -0.359 e. The summed E-state index contributed by atoms with van der Waals surface area (Å²) in [6.45, 7) is 2.25. The smallest absolute Gasteiger partial charge is 0.256 e. The number of hydrogen-bond acceptors (Lipinski definition) is 4. The van der Waals surface area contributed by atoms with Crippen LogP contribution in [0.3, 0.4) is 0 Å². The third kappa shape index (κ3) is 3.47. The Hall–Kier alpha value is -2.06. The number of carbonyl (C=O) groups is 1. The Morgan fingerprint density at radius 1 is 1.53 bits per heavy atom. The van der Waals surface area contributed by atoms with Crippen LogP contribution in [0.15, 0.2) is 30.3 Å². The second kappa shape index (κ2) is 6.51. The van der Waals surface area contributed by atoms with Gasteiger partial charge in [0, 0.05) is 12.2 Å². The molecular formula is C12H16N4O. The van der Waals surface area contributed by atoms with E-state index < -0.39 is 6.04 Å². The number of carbonyl (C=O) groups excluding carboxylic acids is 1. The van der Waals surface area contributed by atoms with E-state index in [2.05, 4.69) is 11.5 Å². The number of hydrazine groups is 1. The van der Waals surface area contributed by atoms with E-state index in [9.17, 15) is 4.79 Å². The summed E-state index contributed by atoms with van der Waals surface area (Å²) in [5.74, 6) is 4.85. The van der Waals surface area contributed by atoms with Crippen LogP contribution in [0.1, 0.15) is 13.3 Å². The number of para-hydroxylation sites is 1. The summed E-state index contributed by atoms with van der Waals surface area (Å²) in [4.78, 5) is 13.4. The van der Waals surface area contributed by atoms with Gasteiger partial charge in [-0.25, -0.2) is 5.84 Å². The number of nitriles is 1. The maximum absolute atomic E-state index is 11.5. The summed E-state index contributed by atoms with van der Waals surface area (Å²) in [5, 5.41) is 8.64. The lowest BCUT2D eigenvalue weighted by molar-refractivity contribution is -0.122. The number of nitrogens with one attached hydrogen (secondary N) is 1. The fraction of sp³-hybridized carbons (Fsp3) is 0.333. The van der Waals surface area contributed by atoms with E-state index in [1.54, 1.807) is 6.92 Å². The molecule has 5 heteroatoms. The number of benzene rings is 1. The van der Waals surface area contributed by atoms with Gasteiger partial charge in [0.25, 0.3) is 5.91 Å². The summed E-state index contributed by atoms with van der Waals surface area (Å²) in [7, 11) is 0. The van der Waals surface area contributed by atoms with Gasteiger partial charge in [-0.1, -0.05) is 18.2 Å². The SMILES string of the molecule is CC(C(=O)NN)N(CCC#N)c1ccccc1. The lowest BCUT2D eigenvalue weighted by atomic mass is 10.2. The highest BCUT2D eigenvalue weighted by atomic mass is 16.2. The van der Waals surface area contributed by atoms with E-state index in [1.165, 1.54) is 0 Å². The summed E-state index contributed by atoms with van der Waals surface area (Å²) < 4.78 is 0. The zero-order valence-electron chi connectivity index (χ0n) is 9.76. The van der Waals surface area contributed by atoms with E-state index in [4.69, 9.17) is 11.1 Å². The first-order chi connectivity index (χ1) is 8.20. The van der Waals surface area contributed by atoms with Gasteiger partial charge in [-0.05, 0) is 19.1 Å². The van der Waals surface area contributed by atoms with E-state index in [-0.39, 0.29) is 5.91 Å². The van der Waals surface area contributed by atoms with Crippen LogP contribution in [-0.4, -0.2) is 18.5 Å². The standard InChI is InChI=1S/C12H16N4O/c1-10(12(17)15-14)16(9-5-8-13)11-6-3-2-4-7-11/h2-4,6-7,10H,5,9,14H2,1H3,(H,15,17). The van der Waals surface area contributed by atoms with Crippen molar-refractivity contribution in [1.82, 2.24) is 5.43 Å². The van der Waals surface area contributed by atoms with Gasteiger partial charge in [0.1, 0.15) is 6.04 Å². The molecule has 0 radical (unpaired) electrons. The molecule has 0 fully saturated rings. The maximum atomic E-state index is 11.5. The van der Waals surface area contributed by atoms with Crippen LogP contribution in [0.25, 0.3) is 0 Å². The molecule has 0 bridgehead atoms. The Balaban J connectivity index is 2.88. The highest BCUT2D eigenvalue weighted by molar-refractivity contribution is 5.84. The van der Waals surface area contributed by atoms with Crippen molar-refractivity contribution in [3.05, 3.63) is 30.3 Å². The molecule has 1 rings (SSSR count). The molecule has 0 aliphatic carbocycles. The molecule has 17 heavy (non-hydrogen) atoms. The van der Waals surface area contributed by atoms with E-state index in [1.807, 2.05) is 35.2 Å². The number of amides is 1. The van der Waals surface area contributed by atoms with Gasteiger partial charge >= 0.3 is 0 Å². The first-order valence-corrected chi connectivity index (χ1v) is 5.39. The molecule has 0 saturated heterocycles. The first-order valence-electron chi connectivity index (χ1n) is 5.39. The molecule has 0 heterocycles. The quantitative estimate of drug-likeness (QED) is 0.446. The summed E-state index contributed by atoms with van der Waals surface area (Å²) in [6, 6.07) is 11.2. The zero-order valence-corrected chi connectivity index (χ0v) is 9.76. The molecule has 1 aromatic rings. The molecule has 0 spiro atoms. The number of nitrogens with zero attached hydrogens (tertiary/aromatic N) is 2. The molecule has 3 N–H and O–H groups in total. The van der Waals surface area contributed by atoms with Gasteiger partial charge in [0.15, 0.2) is 0 Å². The number of rotatable bonds is 5. The summed E-state index contributed by atoms with van der Waals surface area (Å²) in [5.41, 5.74) is 3.03. The van der Waals surface area contributed by atoms with Gasteiger partial charge in [-0.3, -0.25) is 10.2 Å². The van der Waals surface area contributed by atoms with E-state index >= 15 is 0 Å². The Morgan fingerprint density at radius 3 is 2.71 bits per heavy atom. The fourth-order valence-corrected chi connectivity index (χ4v) is 1.60. The number of anilines is 1. The molecule has 1 unspecified atom stereocenters. The highest BCUT2D eigenvalue weighted by Gasteiger charge is 2.20. The number of nitrogens with two attached hydrogens (primary N) is 1. The lowest BCUT2D eigenvalue weighted by Gasteiger charge is -2.29. The first kappa shape index (κ1) is 13.0. The molecule has 0 aromatic heterocycles. The normalized spacial score (nSPS) is 11.4. The Morgan fingerprint density at radius 2 is 2.18 bits per heavy atom. The molecule has 1 atom stereocenters. The average molecular weight is 232 g/mol. The maximum Gasteiger partial charge on any atom is 0.256 e. The van der Waals surface area contributed by atoms with Crippen molar-refractivity contribution >= 4 is 11.6 Å². The van der Waals surface area contributed by atoms with Crippen LogP contribution in [-0.2, 0) is 4.79 Å². The minimum atomic E-state index is -0.407. The van der Waals surface area contributed by atoms with Gasteiger partial charge in [0.2, 0.25) is 0 Å². The largest absolute Gasteiger partial charge is 0.359 e.